The smallest absolute Gasteiger partial charge is 0.262 e. The fourth-order valence-corrected chi connectivity index (χ4v) is 2.96. The molecule has 0 aliphatic rings. The van der Waals surface area contributed by atoms with Crippen LogP contribution in [-0.4, -0.2) is 12.5 Å². The second-order valence-corrected chi connectivity index (χ2v) is 6.99. The highest BCUT2D eigenvalue weighted by Crippen LogP contribution is 2.24. The van der Waals surface area contributed by atoms with Gasteiger partial charge < -0.3 is 10.1 Å². The molecule has 1 atom stereocenters. The maximum Gasteiger partial charge on any atom is 0.262 e. The van der Waals surface area contributed by atoms with E-state index in [2.05, 4.69) is 41.8 Å². The molecule has 3 nitrogen and oxygen atoms in total. The number of amides is 1. The number of hydrogen-bond donors (Lipinski definition) is 1. The highest BCUT2D eigenvalue weighted by molar-refractivity contribution is 14.1. The van der Waals surface area contributed by atoms with Gasteiger partial charge in [-0.25, -0.2) is 0 Å². The van der Waals surface area contributed by atoms with E-state index in [9.17, 15) is 4.79 Å². The predicted molar refractivity (Wildman–Crippen MR) is 103 cm³/mol. The van der Waals surface area contributed by atoms with E-state index in [4.69, 9.17) is 16.3 Å². The van der Waals surface area contributed by atoms with Crippen molar-refractivity contribution < 1.29 is 9.53 Å². The van der Waals surface area contributed by atoms with E-state index >= 15 is 0 Å². The summed E-state index contributed by atoms with van der Waals surface area (Å²) < 4.78 is 6.53. The van der Waals surface area contributed by atoms with Crippen LogP contribution < -0.4 is 10.1 Å². The SMILES string of the molecule is CC[C@@H](C)c1ccc(OCC(=O)Nc2ccc(I)cc2Cl)cc1. The van der Waals surface area contributed by atoms with Gasteiger partial charge in [0.05, 0.1) is 10.7 Å². The third kappa shape index (κ3) is 5.39. The summed E-state index contributed by atoms with van der Waals surface area (Å²) in [5.41, 5.74) is 1.86. The highest BCUT2D eigenvalue weighted by Gasteiger charge is 2.08. The van der Waals surface area contributed by atoms with Crippen molar-refractivity contribution in [2.24, 2.45) is 0 Å². The van der Waals surface area contributed by atoms with E-state index < -0.39 is 0 Å². The summed E-state index contributed by atoms with van der Waals surface area (Å²) in [5, 5.41) is 3.26. The lowest BCUT2D eigenvalue weighted by Crippen LogP contribution is -2.20. The van der Waals surface area contributed by atoms with Crippen LogP contribution in [0.4, 0.5) is 5.69 Å². The van der Waals surface area contributed by atoms with Gasteiger partial charge in [0.25, 0.3) is 5.91 Å². The molecule has 2 aromatic rings. The molecule has 0 heterocycles. The van der Waals surface area contributed by atoms with Gasteiger partial charge in [-0.3, -0.25) is 4.79 Å². The zero-order valence-electron chi connectivity index (χ0n) is 13.1. The van der Waals surface area contributed by atoms with Gasteiger partial charge >= 0.3 is 0 Å². The number of anilines is 1. The minimum absolute atomic E-state index is 0.0506. The van der Waals surface area contributed by atoms with E-state index in [1.807, 2.05) is 30.3 Å². The second kappa shape index (κ2) is 8.55. The number of rotatable bonds is 6. The summed E-state index contributed by atoms with van der Waals surface area (Å²) >= 11 is 8.26. The van der Waals surface area contributed by atoms with Crippen LogP contribution in [0.15, 0.2) is 42.5 Å². The number of hydrogen-bond acceptors (Lipinski definition) is 2. The van der Waals surface area contributed by atoms with Crippen LogP contribution in [0.25, 0.3) is 0 Å². The van der Waals surface area contributed by atoms with Gasteiger partial charge in [-0.15, -0.1) is 0 Å². The molecule has 2 rings (SSSR count). The maximum absolute atomic E-state index is 11.9. The molecule has 0 fully saturated rings. The Bertz CT molecular complexity index is 673. The van der Waals surface area contributed by atoms with Crippen molar-refractivity contribution in [3.63, 3.8) is 0 Å². The lowest BCUT2D eigenvalue weighted by Gasteiger charge is -2.11. The second-order valence-electron chi connectivity index (χ2n) is 5.34. The molecular formula is C18H19ClINO2. The van der Waals surface area contributed by atoms with Crippen molar-refractivity contribution in [1.82, 2.24) is 0 Å². The van der Waals surface area contributed by atoms with E-state index in [0.29, 0.717) is 22.4 Å². The Labute approximate surface area is 155 Å². The van der Waals surface area contributed by atoms with Crippen molar-refractivity contribution in [2.45, 2.75) is 26.2 Å². The average molecular weight is 444 g/mol. The van der Waals surface area contributed by atoms with Crippen LogP contribution in [0.2, 0.25) is 5.02 Å². The van der Waals surface area contributed by atoms with Gasteiger partial charge in [0, 0.05) is 3.57 Å². The Morgan fingerprint density at radius 3 is 2.57 bits per heavy atom. The first kappa shape index (κ1) is 18.1. The minimum atomic E-state index is -0.237. The molecule has 0 bridgehead atoms. The number of ether oxygens (including phenoxy) is 1. The fourth-order valence-electron chi connectivity index (χ4n) is 2.05. The van der Waals surface area contributed by atoms with Gasteiger partial charge in [-0.2, -0.15) is 0 Å². The lowest BCUT2D eigenvalue weighted by atomic mass is 9.99. The quantitative estimate of drug-likeness (QED) is 0.601. The minimum Gasteiger partial charge on any atom is -0.484 e. The first-order chi connectivity index (χ1) is 11.0. The van der Waals surface area contributed by atoms with E-state index in [1.165, 1.54) is 5.56 Å². The zero-order valence-corrected chi connectivity index (χ0v) is 16.0. The van der Waals surface area contributed by atoms with Crippen LogP contribution in [0, 0.1) is 3.57 Å². The van der Waals surface area contributed by atoms with E-state index in [1.54, 1.807) is 12.1 Å². The highest BCUT2D eigenvalue weighted by atomic mass is 127. The summed E-state index contributed by atoms with van der Waals surface area (Å²) in [6.45, 7) is 4.30. The molecule has 1 amide bonds. The topological polar surface area (TPSA) is 38.3 Å². The van der Waals surface area contributed by atoms with Crippen molar-refractivity contribution in [3.8, 4) is 5.75 Å². The molecule has 0 unspecified atom stereocenters. The van der Waals surface area contributed by atoms with E-state index in [-0.39, 0.29) is 12.5 Å². The van der Waals surface area contributed by atoms with Crippen LogP contribution in [0.1, 0.15) is 31.7 Å². The van der Waals surface area contributed by atoms with Crippen LogP contribution >= 0.6 is 34.2 Å². The molecule has 1 N–H and O–H groups in total. The summed E-state index contributed by atoms with van der Waals surface area (Å²) in [4.78, 5) is 11.9. The molecule has 0 saturated carbocycles. The third-order valence-electron chi connectivity index (χ3n) is 3.64. The number of benzene rings is 2. The lowest BCUT2D eigenvalue weighted by molar-refractivity contribution is -0.118. The zero-order chi connectivity index (χ0) is 16.8. The van der Waals surface area contributed by atoms with Gasteiger partial charge in [-0.1, -0.05) is 37.6 Å². The third-order valence-corrected chi connectivity index (χ3v) is 4.62. The molecule has 0 aromatic heterocycles. The largest absolute Gasteiger partial charge is 0.484 e. The molecule has 23 heavy (non-hydrogen) atoms. The number of nitrogens with one attached hydrogen (secondary N) is 1. The van der Waals surface area contributed by atoms with Crippen molar-refractivity contribution in [3.05, 3.63) is 56.6 Å². The Hall–Kier alpha value is -1.27. The number of carbonyl (C=O) groups excluding carboxylic acids is 1. The van der Waals surface area contributed by atoms with Gasteiger partial charge in [0.1, 0.15) is 5.75 Å². The summed E-state index contributed by atoms with van der Waals surface area (Å²) in [5.74, 6) is 0.968. The van der Waals surface area contributed by atoms with Crippen LogP contribution in [-0.2, 0) is 4.79 Å². The first-order valence-corrected chi connectivity index (χ1v) is 8.93. The molecule has 0 radical (unpaired) electrons. The molecule has 0 aliphatic carbocycles. The van der Waals surface area contributed by atoms with Crippen molar-refractivity contribution >= 4 is 45.8 Å². The molecule has 0 saturated heterocycles. The van der Waals surface area contributed by atoms with Gasteiger partial charge in [0.2, 0.25) is 0 Å². The van der Waals surface area contributed by atoms with E-state index in [0.717, 1.165) is 9.99 Å². The average Bonchev–Trinajstić information content (AvgIpc) is 2.55. The van der Waals surface area contributed by atoms with Gasteiger partial charge in [0.15, 0.2) is 6.61 Å². The Morgan fingerprint density at radius 2 is 1.96 bits per heavy atom. The molecule has 5 heteroatoms. The summed E-state index contributed by atoms with van der Waals surface area (Å²) in [6.07, 6.45) is 1.10. The maximum atomic E-state index is 11.9. The normalized spacial score (nSPS) is 11.8. The summed E-state index contributed by atoms with van der Waals surface area (Å²) in [7, 11) is 0. The first-order valence-electron chi connectivity index (χ1n) is 7.47. The Kier molecular flexibility index (Phi) is 6.72. The number of carbonyl (C=O) groups is 1. The standard InChI is InChI=1S/C18H19ClINO2/c1-3-12(2)13-4-7-15(8-5-13)23-11-18(22)21-17-9-6-14(20)10-16(17)19/h4-10,12H,3,11H2,1-2H3,(H,21,22)/t12-/m1/s1. The predicted octanol–water partition coefficient (Wildman–Crippen LogP) is 5.48. The Morgan fingerprint density at radius 1 is 1.26 bits per heavy atom. The van der Waals surface area contributed by atoms with Crippen LogP contribution in [0.5, 0.6) is 5.75 Å². The summed E-state index contributed by atoms with van der Waals surface area (Å²) in [6, 6.07) is 13.3. The molecule has 2 aromatic carbocycles. The molecule has 122 valence electrons. The van der Waals surface area contributed by atoms with Crippen molar-refractivity contribution in [2.75, 3.05) is 11.9 Å². The molecule has 0 spiro atoms. The number of halogens is 2. The Balaban J connectivity index is 1.89. The monoisotopic (exact) mass is 443 g/mol. The molecule has 0 aliphatic heterocycles. The molecular weight excluding hydrogens is 425 g/mol. The van der Waals surface area contributed by atoms with Gasteiger partial charge in [-0.05, 0) is 70.8 Å². The van der Waals surface area contributed by atoms with Crippen molar-refractivity contribution in [1.29, 1.82) is 0 Å². The fraction of sp³-hybridized carbons (Fsp3) is 0.278. The van der Waals surface area contributed by atoms with Crippen LogP contribution in [0.3, 0.4) is 0 Å².